The van der Waals surface area contributed by atoms with E-state index in [0.29, 0.717) is 23.7 Å². The highest BCUT2D eigenvalue weighted by atomic mass is 16.2. The first kappa shape index (κ1) is 36.9. The molecule has 0 spiro atoms. The smallest absolute Gasteiger partial charge is 0.312 e. The molecule has 0 saturated carbocycles. The van der Waals surface area contributed by atoms with Crippen LogP contribution in [0.25, 0.3) is 0 Å². The second-order valence-electron chi connectivity index (χ2n) is 12.1. The molecule has 0 aliphatic heterocycles. The molecule has 0 N–H and O–H groups in total. The maximum atomic E-state index is 14.0. The molecule has 4 atom stereocenters. The second-order valence-corrected chi connectivity index (χ2v) is 12.1. The van der Waals surface area contributed by atoms with Crippen LogP contribution >= 0.6 is 0 Å². The third-order valence-electron chi connectivity index (χ3n) is 8.84. The molecule has 4 nitrogen and oxygen atoms in total. The highest BCUT2D eigenvalue weighted by Crippen LogP contribution is 2.22. The van der Waals surface area contributed by atoms with Crippen LogP contribution in [0.3, 0.4) is 0 Å². The molecule has 38 heavy (non-hydrogen) atoms. The molecule has 0 radical (unpaired) electrons. The molecule has 0 aromatic heterocycles. The van der Waals surface area contributed by atoms with Gasteiger partial charge < -0.3 is 9.80 Å². The predicted molar refractivity (Wildman–Crippen MR) is 166 cm³/mol. The molecule has 4 unspecified atom stereocenters. The summed E-state index contributed by atoms with van der Waals surface area (Å²) in [6.07, 6.45) is 18.3. The van der Waals surface area contributed by atoms with E-state index in [0.717, 1.165) is 77.5 Å². The Kier molecular flexibility index (Phi) is 23.1. The molecule has 0 heterocycles. The summed E-state index contributed by atoms with van der Waals surface area (Å²) < 4.78 is 0. The summed E-state index contributed by atoms with van der Waals surface area (Å²) in [5.74, 6) is 1.44. The van der Waals surface area contributed by atoms with Gasteiger partial charge in [0.2, 0.25) is 0 Å². The quantitative estimate of drug-likeness (QED) is 0.115. The number of unbranched alkanes of at least 4 members (excludes halogenated alkanes) is 4. The number of carbonyl (C=O) groups excluding carboxylic acids is 2. The third kappa shape index (κ3) is 15.5. The molecule has 0 bridgehead atoms. The molecule has 0 aliphatic rings. The fourth-order valence-corrected chi connectivity index (χ4v) is 5.67. The first-order valence-electron chi connectivity index (χ1n) is 16.9. The van der Waals surface area contributed by atoms with E-state index in [-0.39, 0.29) is 11.8 Å². The third-order valence-corrected chi connectivity index (χ3v) is 8.84. The highest BCUT2D eigenvalue weighted by Gasteiger charge is 2.31. The molecule has 0 aromatic rings. The van der Waals surface area contributed by atoms with E-state index in [9.17, 15) is 9.59 Å². The van der Waals surface area contributed by atoms with Gasteiger partial charge in [0.05, 0.1) is 0 Å². The van der Waals surface area contributed by atoms with Gasteiger partial charge in [-0.15, -0.1) is 0 Å². The summed E-state index contributed by atoms with van der Waals surface area (Å²) in [5, 5.41) is 0. The van der Waals surface area contributed by atoms with E-state index in [1.54, 1.807) is 0 Å². The fraction of sp³-hybridized carbons (Fsp3) is 0.941. The summed E-state index contributed by atoms with van der Waals surface area (Å²) in [4.78, 5) is 32.1. The van der Waals surface area contributed by atoms with Crippen molar-refractivity contribution in [2.75, 3.05) is 26.2 Å². The van der Waals surface area contributed by atoms with Crippen molar-refractivity contribution in [3.8, 4) is 0 Å². The molecule has 0 fully saturated rings. The topological polar surface area (TPSA) is 40.6 Å². The van der Waals surface area contributed by atoms with Gasteiger partial charge in [-0.05, 0) is 49.4 Å². The van der Waals surface area contributed by atoms with Crippen molar-refractivity contribution in [2.45, 2.75) is 158 Å². The van der Waals surface area contributed by atoms with Crippen molar-refractivity contribution in [1.29, 1.82) is 0 Å². The number of rotatable bonds is 24. The molecule has 4 heteroatoms. The zero-order valence-electron chi connectivity index (χ0n) is 27.2. The Hall–Kier alpha value is -1.06. The number of nitrogens with zero attached hydrogens (tertiary/aromatic N) is 2. The molecule has 0 aromatic carbocycles. The second kappa shape index (κ2) is 23.8. The molecule has 0 saturated heterocycles. The van der Waals surface area contributed by atoms with Gasteiger partial charge in [-0.3, -0.25) is 9.59 Å². The summed E-state index contributed by atoms with van der Waals surface area (Å²) in [5.41, 5.74) is 0. The lowest BCUT2D eigenvalue weighted by Crippen LogP contribution is -2.50. The van der Waals surface area contributed by atoms with Crippen molar-refractivity contribution in [1.82, 2.24) is 9.80 Å². The van der Waals surface area contributed by atoms with Crippen LogP contribution < -0.4 is 0 Å². The number of hydrogen-bond donors (Lipinski definition) is 0. The lowest BCUT2D eigenvalue weighted by atomic mass is 9.94. The van der Waals surface area contributed by atoms with Crippen LogP contribution in [-0.4, -0.2) is 47.8 Å². The van der Waals surface area contributed by atoms with Crippen molar-refractivity contribution in [3.05, 3.63) is 0 Å². The van der Waals surface area contributed by atoms with Crippen molar-refractivity contribution >= 4 is 11.8 Å². The predicted octanol–water partition coefficient (Wildman–Crippen LogP) is 9.51. The SMILES string of the molecule is CCCCC(CC)CN(CC(CC)CCCC)C(=O)C(=O)N(CC(CC)CCCC)CC(CC)CCCC. The van der Waals surface area contributed by atoms with E-state index in [4.69, 9.17) is 0 Å². The highest BCUT2D eigenvalue weighted by molar-refractivity contribution is 6.34. The average Bonchev–Trinajstić information content (AvgIpc) is 2.94. The zero-order valence-corrected chi connectivity index (χ0v) is 27.2. The Morgan fingerprint density at radius 3 is 0.789 bits per heavy atom. The first-order valence-corrected chi connectivity index (χ1v) is 16.9. The van der Waals surface area contributed by atoms with Crippen LogP contribution in [0.4, 0.5) is 0 Å². The van der Waals surface area contributed by atoms with Crippen LogP contribution in [-0.2, 0) is 9.59 Å². The zero-order chi connectivity index (χ0) is 28.8. The standard InChI is InChI=1S/C34H68N2O2/c1-9-17-21-29(13-5)25-35(26-30(14-6)22-18-10-2)33(37)34(38)36(27-31(15-7)23-19-11-3)28-32(16-8)24-20-12-4/h29-32H,9-28H2,1-8H3. The Labute approximate surface area is 239 Å². The van der Waals surface area contributed by atoms with Crippen LogP contribution in [0, 0.1) is 23.7 Å². The first-order chi connectivity index (χ1) is 18.3. The van der Waals surface area contributed by atoms with E-state index in [2.05, 4.69) is 55.4 Å². The molecular weight excluding hydrogens is 468 g/mol. The van der Waals surface area contributed by atoms with Crippen LogP contribution in [0.15, 0.2) is 0 Å². The Balaban J connectivity index is 5.98. The van der Waals surface area contributed by atoms with E-state index in [1.807, 2.05) is 9.80 Å². The monoisotopic (exact) mass is 537 g/mol. The van der Waals surface area contributed by atoms with Crippen LogP contribution in [0.5, 0.6) is 0 Å². The van der Waals surface area contributed by atoms with Gasteiger partial charge in [0.25, 0.3) is 0 Å². The average molecular weight is 537 g/mol. The van der Waals surface area contributed by atoms with Gasteiger partial charge in [-0.1, -0.05) is 132 Å². The number of carbonyl (C=O) groups is 2. The maximum Gasteiger partial charge on any atom is 0.312 e. The lowest BCUT2D eigenvalue weighted by molar-refractivity contribution is -0.153. The van der Waals surface area contributed by atoms with Gasteiger partial charge >= 0.3 is 11.8 Å². The van der Waals surface area contributed by atoms with Gasteiger partial charge in [0.15, 0.2) is 0 Å². The number of amides is 2. The summed E-state index contributed by atoms with van der Waals surface area (Å²) in [7, 11) is 0. The lowest BCUT2D eigenvalue weighted by Gasteiger charge is -2.34. The normalized spacial score (nSPS) is 14.6. The minimum atomic E-state index is -0.231. The minimum Gasteiger partial charge on any atom is -0.334 e. The molecule has 2 amide bonds. The molecular formula is C34H68N2O2. The van der Waals surface area contributed by atoms with Crippen LogP contribution in [0.1, 0.15) is 158 Å². The van der Waals surface area contributed by atoms with Crippen molar-refractivity contribution in [2.24, 2.45) is 23.7 Å². The van der Waals surface area contributed by atoms with Gasteiger partial charge in [0, 0.05) is 26.2 Å². The van der Waals surface area contributed by atoms with E-state index < -0.39 is 0 Å². The Morgan fingerprint density at radius 1 is 0.421 bits per heavy atom. The summed E-state index contributed by atoms with van der Waals surface area (Å²) in [6, 6.07) is 0. The summed E-state index contributed by atoms with van der Waals surface area (Å²) >= 11 is 0. The van der Waals surface area contributed by atoms with Crippen molar-refractivity contribution < 1.29 is 9.59 Å². The Morgan fingerprint density at radius 2 is 0.632 bits per heavy atom. The molecule has 226 valence electrons. The van der Waals surface area contributed by atoms with Crippen molar-refractivity contribution in [3.63, 3.8) is 0 Å². The largest absolute Gasteiger partial charge is 0.334 e. The fourth-order valence-electron chi connectivity index (χ4n) is 5.67. The van der Waals surface area contributed by atoms with Gasteiger partial charge in [-0.25, -0.2) is 0 Å². The van der Waals surface area contributed by atoms with Crippen LogP contribution in [0.2, 0.25) is 0 Å². The van der Waals surface area contributed by atoms with E-state index >= 15 is 0 Å². The Bertz CT molecular complexity index is 493. The molecule has 0 rings (SSSR count). The maximum absolute atomic E-state index is 14.0. The number of hydrogen-bond acceptors (Lipinski definition) is 2. The van der Waals surface area contributed by atoms with Gasteiger partial charge in [-0.2, -0.15) is 0 Å². The molecule has 0 aliphatic carbocycles. The summed E-state index contributed by atoms with van der Waals surface area (Å²) in [6.45, 7) is 20.8. The minimum absolute atomic E-state index is 0.231. The van der Waals surface area contributed by atoms with Gasteiger partial charge in [0.1, 0.15) is 0 Å². The van der Waals surface area contributed by atoms with E-state index in [1.165, 1.54) is 51.4 Å².